The molecule has 1 fully saturated rings. The Morgan fingerprint density at radius 3 is 1.36 bits per heavy atom. The number of rotatable bonds is 0. The van der Waals surface area contributed by atoms with Crippen LogP contribution in [-0.4, -0.2) is 0 Å². The summed E-state index contributed by atoms with van der Waals surface area (Å²) < 4.78 is 0. The van der Waals surface area contributed by atoms with Crippen LogP contribution in [-0.2, 0) is 0 Å². The molecule has 2 aliphatic carbocycles. The van der Waals surface area contributed by atoms with Crippen molar-refractivity contribution >= 4 is 0 Å². The lowest BCUT2D eigenvalue weighted by atomic mass is 9.68. The smallest absolute Gasteiger partial charge is 0.0110 e. The van der Waals surface area contributed by atoms with E-state index in [0.717, 1.165) is 0 Å². The van der Waals surface area contributed by atoms with Gasteiger partial charge in [-0.15, -0.1) is 0 Å². The minimum Gasteiger partial charge on any atom is -0.0817 e. The molecule has 0 N–H and O–H groups in total. The number of hydrogen-bond donors (Lipinski definition) is 0. The molecule has 0 aromatic rings. The van der Waals surface area contributed by atoms with E-state index in [2.05, 4.69) is 39.8 Å². The van der Waals surface area contributed by atoms with Gasteiger partial charge in [-0.05, 0) is 29.1 Å². The predicted molar refractivity (Wildman–Crippen MR) is 48.4 cm³/mol. The Hall–Kier alpha value is -0.260. The Bertz CT molecular complexity index is 194. The molecule has 1 saturated carbocycles. The summed E-state index contributed by atoms with van der Waals surface area (Å²) in [5.74, 6) is 0. The Morgan fingerprint density at radius 1 is 0.818 bits per heavy atom. The molecule has 0 nitrogen and oxygen atoms in total. The summed E-state index contributed by atoms with van der Waals surface area (Å²) in [4.78, 5) is 0. The van der Waals surface area contributed by atoms with E-state index in [1.54, 1.807) is 0 Å². The monoisotopic (exact) mass is 150 g/mol. The van der Waals surface area contributed by atoms with Crippen molar-refractivity contribution in [1.29, 1.82) is 0 Å². The summed E-state index contributed by atoms with van der Waals surface area (Å²) in [6.45, 7) is 9.52. The molecule has 0 unspecified atom stereocenters. The molecule has 0 heteroatoms. The maximum absolute atomic E-state index is 2.42. The highest BCUT2D eigenvalue weighted by Gasteiger charge is 2.63. The lowest BCUT2D eigenvalue weighted by Gasteiger charge is -2.36. The molecule has 0 atom stereocenters. The topological polar surface area (TPSA) is 0 Å². The first kappa shape index (κ1) is 7.39. The highest BCUT2D eigenvalue weighted by Crippen LogP contribution is 2.72. The lowest BCUT2D eigenvalue weighted by Crippen LogP contribution is -2.30. The van der Waals surface area contributed by atoms with Crippen molar-refractivity contribution in [3.05, 3.63) is 12.2 Å². The molecule has 0 saturated heterocycles. The van der Waals surface area contributed by atoms with Crippen LogP contribution in [0.2, 0.25) is 0 Å². The van der Waals surface area contributed by atoms with Crippen molar-refractivity contribution in [1.82, 2.24) is 0 Å². The quantitative estimate of drug-likeness (QED) is 0.464. The van der Waals surface area contributed by atoms with Crippen LogP contribution in [0.5, 0.6) is 0 Å². The van der Waals surface area contributed by atoms with E-state index in [1.165, 1.54) is 12.8 Å². The molecule has 0 aromatic carbocycles. The van der Waals surface area contributed by atoms with Crippen molar-refractivity contribution in [2.24, 2.45) is 16.2 Å². The van der Waals surface area contributed by atoms with Crippen molar-refractivity contribution < 1.29 is 0 Å². The summed E-state index contributed by atoms with van der Waals surface area (Å²) in [5, 5.41) is 0. The fraction of sp³-hybridized carbons (Fsp3) is 0.818. The molecule has 2 aliphatic rings. The van der Waals surface area contributed by atoms with Gasteiger partial charge >= 0.3 is 0 Å². The van der Waals surface area contributed by atoms with E-state index in [4.69, 9.17) is 0 Å². The third-order valence-electron chi connectivity index (χ3n) is 4.13. The van der Waals surface area contributed by atoms with Crippen molar-refractivity contribution in [3.63, 3.8) is 0 Å². The molecule has 0 heterocycles. The first-order valence-corrected chi connectivity index (χ1v) is 4.62. The Balaban J connectivity index is 2.42. The van der Waals surface area contributed by atoms with Crippen LogP contribution >= 0.6 is 0 Å². The van der Waals surface area contributed by atoms with Gasteiger partial charge in [-0.3, -0.25) is 0 Å². The van der Waals surface area contributed by atoms with E-state index < -0.39 is 0 Å². The molecular formula is C11H18. The lowest BCUT2D eigenvalue weighted by molar-refractivity contribution is 0.152. The SMILES string of the molecule is CC1(C)C=CC(C)(C)C12CC2. The molecule has 0 aromatic heterocycles. The molecule has 11 heavy (non-hydrogen) atoms. The average Bonchev–Trinajstić information content (AvgIpc) is 2.59. The summed E-state index contributed by atoms with van der Waals surface area (Å²) in [7, 11) is 0. The van der Waals surface area contributed by atoms with Gasteiger partial charge in [-0.1, -0.05) is 39.8 Å². The Labute approximate surface area is 69.7 Å². The fourth-order valence-corrected chi connectivity index (χ4v) is 2.98. The number of allylic oxidation sites excluding steroid dienone is 2. The zero-order valence-electron chi connectivity index (χ0n) is 8.07. The first-order valence-electron chi connectivity index (χ1n) is 4.62. The summed E-state index contributed by atoms with van der Waals surface area (Å²) in [6.07, 6.45) is 7.69. The summed E-state index contributed by atoms with van der Waals surface area (Å²) in [6, 6.07) is 0. The van der Waals surface area contributed by atoms with Crippen LogP contribution < -0.4 is 0 Å². The van der Waals surface area contributed by atoms with Crippen LogP contribution in [0.1, 0.15) is 40.5 Å². The van der Waals surface area contributed by atoms with Crippen LogP contribution in [0.15, 0.2) is 12.2 Å². The second-order valence-electron chi connectivity index (χ2n) is 5.36. The van der Waals surface area contributed by atoms with E-state index in [9.17, 15) is 0 Å². The van der Waals surface area contributed by atoms with Crippen LogP contribution in [0.25, 0.3) is 0 Å². The average molecular weight is 150 g/mol. The van der Waals surface area contributed by atoms with Crippen LogP contribution in [0, 0.1) is 16.2 Å². The van der Waals surface area contributed by atoms with Crippen molar-refractivity contribution in [2.75, 3.05) is 0 Å². The van der Waals surface area contributed by atoms with E-state index in [0.29, 0.717) is 16.2 Å². The van der Waals surface area contributed by atoms with Crippen molar-refractivity contribution in [3.8, 4) is 0 Å². The minimum atomic E-state index is 0.455. The third-order valence-corrected chi connectivity index (χ3v) is 4.13. The molecule has 2 rings (SSSR count). The Morgan fingerprint density at radius 2 is 1.18 bits per heavy atom. The van der Waals surface area contributed by atoms with Gasteiger partial charge in [0.15, 0.2) is 0 Å². The minimum absolute atomic E-state index is 0.455. The summed E-state index contributed by atoms with van der Waals surface area (Å²) in [5.41, 5.74) is 1.53. The predicted octanol–water partition coefficient (Wildman–Crippen LogP) is 3.39. The van der Waals surface area contributed by atoms with Crippen molar-refractivity contribution in [2.45, 2.75) is 40.5 Å². The van der Waals surface area contributed by atoms with Gasteiger partial charge in [-0.25, -0.2) is 0 Å². The molecule has 1 spiro atoms. The van der Waals surface area contributed by atoms with Gasteiger partial charge in [0.25, 0.3) is 0 Å². The normalized spacial score (nSPS) is 34.5. The van der Waals surface area contributed by atoms with Gasteiger partial charge < -0.3 is 0 Å². The van der Waals surface area contributed by atoms with Crippen LogP contribution in [0.4, 0.5) is 0 Å². The molecular weight excluding hydrogens is 132 g/mol. The standard InChI is InChI=1S/C11H18/c1-9(2)5-6-10(3,4)11(9)7-8-11/h5-6H,7-8H2,1-4H3. The zero-order valence-corrected chi connectivity index (χ0v) is 8.07. The molecule has 0 radical (unpaired) electrons. The first-order chi connectivity index (χ1) is 4.91. The van der Waals surface area contributed by atoms with Gasteiger partial charge in [0.1, 0.15) is 0 Å². The van der Waals surface area contributed by atoms with E-state index in [-0.39, 0.29) is 0 Å². The zero-order chi connectivity index (χ0) is 8.33. The highest BCUT2D eigenvalue weighted by molar-refractivity contribution is 5.28. The largest absolute Gasteiger partial charge is 0.0817 e. The van der Waals surface area contributed by atoms with E-state index >= 15 is 0 Å². The van der Waals surface area contributed by atoms with Gasteiger partial charge in [-0.2, -0.15) is 0 Å². The molecule has 62 valence electrons. The highest BCUT2D eigenvalue weighted by atomic mass is 14.7. The van der Waals surface area contributed by atoms with E-state index in [1.807, 2.05) is 0 Å². The molecule has 0 aliphatic heterocycles. The maximum atomic E-state index is 2.42. The third kappa shape index (κ3) is 0.660. The summed E-state index contributed by atoms with van der Waals surface area (Å²) >= 11 is 0. The van der Waals surface area contributed by atoms with Gasteiger partial charge in [0.05, 0.1) is 0 Å². The van der Waals surface area contributed by atoms with Gasteiger partial charge in [0, 0.05) is 0 Å². The maximum Gasteiger partial charge on any atom is -0.0110 e. The van der Waals surface area contributed by atoms with Crippen LogP contribution in [0.3, 0.4) is 0 Å². The second kappa shape index (κ2) is 1.57. The fourth-order valence-electron chi connectivity index (χ4n) is 2.98. The molecule has 0 bridgehead atoms. The van der Waals surface area contributed by atoms with Gasteiger partial charge in [0.2, 0.25) is 0 Å². The number of hydrogen-bond acceptors (Lipinski definition) is 0. The second-order valence-corrected chi connectivity index (χ2v) is 5.36. The molecule has 0 amide bonds. The Kier molecular flexibility index (Phi) is 1.06.